The molecule has 1 aliphatic carbocycles. The van der Waals surface area contributed by atoms with E-state index in [0.29, 0.717) is 24.2 Å². The summed E-state index contributed by atoms with van der Waals surface area (Å²) >= 11 is 0. The molecule has 2 unspecified atom stereocenters. The molecule has 16 heavy (non-hydrogen) atoms. The van der Waals surface area contributed by atoms with Gasteiger partial charge in [0.1, 0.15) is 0 Å². The molecule has 88 valence electrons. The van der Waals surface area contributed by atoms with Crippen molar-refractivity contribution >= 4 is 5.82 Å². The van der Waals surface area contributed by atoms with Gasteiger partial charge in [-0.25, -0.2) is 9.37 Å². The fourth-order valence-corrected chi connectivity index (χ4v) is 2.37. The van der Waals surface area contributed by atoms with E-state index in [1.165, 1.54) is 6.07 Å². The van der Waals surface area contributed by atoms with Gasteiger partial charge in [-0.1, -0.05) is 6.42 Å². The van der Waals surface area contributed by atoms with Crippen molar-refractivity contribution in [1.82, 2.24) is 4.98 Å². The minimum atomic E-state index is -0.318. The van der Waals surface area contributed by atoms with E-state index in [4.69, 9.17) is 0 Å². The van der Waals surface area contributed by atoms with Gasteiger partial charge in [-0.2, -0.15) is 0 Å². The second kappa shape index (κ2) is 5.25. The topological polar surface area (TPSA) is 45.1 Å². The second-order valence-corrected chi connectivity index (χ2v) is 4.35. The van der Waals surface area contributed by atoms with Gasteiger partial charge >= 0.3 is 0 Å². The van der Waals surface area contributed by atoms with E-state index in [-0.39, 0.29) is 12.4 Å². The molecule has 0 saturated heterocycles. The van der Waals surface area contributed by atoms with Crippen molar-refractivity contribution in [1.29, 1.82) is 0 Å². The molecule has 0 aliphatic heterocycles. The van der Waals surface area contributed by atoms with E-state index in [2.05, 4.69) is 10.3 Å². The molecule has 1 aromatic rings. The standard InChI is InChI=1S/C12H17FN2O/c13-11-5-2-6-14-12(11)15-7-9-3-1-4-10(9)8-16/h2,5-6,9-10,16H,1,3-4,7-8H2,(H,14,15). The van der Waals surface area contributed by atoms with Crippen molar-refractivity contribution < 1.29 is 9.50 Å². The minimum absolute atomic E-state index is 0.233. The van der Waals surface area contributed by atoms with Gasteiger partial charge in [-0.05, 0) is 36.8 Å². The molecule has 0 amide bonds. The molecule has 0 aromatic carbocycles. The molecule has 1 saturated carbocycles. The quantitative estimate of drug-likeness (QED) is 0.822. The van der Waals surface area contributed by atoms with Crippen LogP contribution in [0.4, 0.5) is 10.2 Å². The van der Waals surface area contributed by atoms with Crippen LogP contribution >= 0.6 is 0 Å². The SMILES string of the molecule is OCC1CCCC1CNc1ncccc1F. The van der Waals surface area contributed by atoms with Gasteiger partial charge in [0.05, 0.1) is 0 Å². The first-order valence-electron chi connectivity index (χ1n) is 5.76. The normalized spacial score (nSPS) is 24.6. The Labute approximate surface area is 94.7 Å². The van der Waals surface area contributed by atoms with Gasteiger partial charge < -0.3 is 10.4 Å². The van der Waals surface area contributed by atoms with E-state index in [9.17, 15) is 9.50 Å². The Kier molecular flexibility index (Phi) is 3.72. The monoisotopic (exact) mass is 224 g/mol. The van der Waals surface area contributed by atoms with Crippen LogP contribution in [0.3, 0.4) is 0 Å². The number of aliphatic hydroxyl groups is 1. The van der Waals surface area contributed by atoms with Crippen LogP contribution in [0.15, 0.2) is 18.3 Å². The predicted octanol–water partition coefficient (Wildman–Crippen LogP) is 2.04. The first-order valence-corrected chi connectivity index (χ1v) is 5.76. The Bertz CT molecular complexity index is 346. The third-order valence-corrected chi connectivity index (χ3v) is 3.34. The van der Waals surface area contributed by atoms with Gasteiger partial charge in [0.2, 0.25) is 0 Å². The zero-order valence-corrected chi connectivity index (χ0v) is 9.19. The lowest BCUT2D eigenvalue weighted by Gasteiger charge is -2.18. The molecular formula is C12H17FN2O. The summed E-state index contributed by atoms with van der Waals surface area (Å²) in [6.45, 7) is 0.927. The smallest absolute Gasteiger partial charge is 0.165 e. The van der Waals surface area contributed by atoms with E-state index in [1.807, 2.05) is 0 Å². The lowest BCUT2D eigenvalue weighted by Crippen LogP contribution is -2.21. The summed E-state index contributed by atoms with van der Waals surface area (Å²) in [5, 5.41) is 12.2. The maximum absolute atomic E-state index is 13.3. The molecule has 2 atom stereocenters. The summed E-state index contributed by atoms with van der Waals surface area (Å²) in [7, 11) is 0. The molecule has 0 bridgehead atoms. The summed E-state index contributed by atoms with van der Waals surface area (Å²) in [5.74, 6) is 0.790. The van der Waals surface area contributed by atoms with Crippen molar-refractivity contribution in [2.75, 3.05) is 18.5 Å². The molecule has 2 rings (SSSR count). The summed E-state index contributed by atoms with van der Waals surface area (Å²) < 4.78 is 13.3. The number of anilines is 1. The molecule has 1 heterocycles. The predicted molar refractivity (Wildman–Crippen MR) is 60.6 cm³/mol. The van der Waals surface area contributed by atoms with Crippen LogP contribution in [0.1, 0.15) is 19.3 Å². The van der Waals surface area contributed by atoms with Crippen molar-refractivity contribution in [3.8, 4) is 0 Å². The van der Waals surface area contributed by atoms with Crippen LogP contribution in [0.2, 0.25) is 0 Å². The summed E-state index contributed by atoms with van der Waals surface area (Å²) in [4.78, 5) is 3.94. The Morgan fingerprint density at radius 1 is 1.44 bits per heavy atom. The Morgan fingerprint density at radius 2 is 2.25 bits per heavy atom. The average molecular weight is 224 g/mol. The van der Waals surface area contributed by atoms with E-state index < -0.39 is 0 Å². The zero-order chi connectivity index (χ0) is 11.4. The number of hydrogen-bond donors (Lipinski definition) is 2. The molecular weight excluding hydrogens is 207 g/mol. The third kappa shape index (κ3) is 2.50. The van der Waals surface area contributed by atoms with Crippen LogP contribution in [0.5, 0.6) is 0 Å². The second-order valence-electron chi connectivity index (χ2n) is 4.35. The Morgan fingerprint density at radius 3 is 3.00 bits per heavy atom. The largest absolute Gasteiger partial charge is 0.396 e. The number of rotatable bonds is 4. The number of aliphatic hydroxyl groups excluding tert-OH is 1. The van der Waals surface area contributed by atoms with Crippen LogP contribution in [-0.2, 0) is 0 Å². The number of pyridine rings is 1. The first kappa shape index (κ1) is 11.3. The molecule has 0 spiro atoms. The van der Waals surface area contributed by atoms with Gasteiger partial charge in [0.25, 0.3) is 0 Å². The number of hydrogen-bond acceptors (Lipinski definition) is 3. The number of nitrogens with one attached hydrogen (secondary N) is 1. The van der Waals surface area contributed by atoms with E-state index in [1.54, 1.807) is 12.3 Å². The average Bonchev–Trinajstić information content (AvgIpc) is 2.75. The molecule has 1 fully saturated rings. The van der Waals surface area contributed by atoms with Crippen molar-refractivity contribution in [3.63, 3.8) is 0 Å². The highest BCUT2D eigenvalue weighted by Gasteiger charge is 2.26. The van der Waals surface area contributed by atoms with Gasteiger partial charge in [-0.15, -0.1) is 0 Å². The highest BCUT2D eigenvalue weighted by atomic mass is 19.1. The molecule has 3 nitrogen and oxygen atoms in total. The molecule has 1 aliphatic rings. The summed E-state index contributed by atoms with van der Waals surface area (Å²) in [6.07, 6.45) is 4.91. The van der Waals surface area contributed by atoms with E-state index >= 15 is 0 Å². The van der Waals surface area contributed by atoms with E-state index in [0.717, 1.165) is 19.3 Å². The molecule has 4 heteroatoms. The summed E-state index contributed by atoms with van der Waals surface area (Å²) in [5.41, 5.74) is 0. The Balaban J connectivity index is 1.90. The van der Waals surface area contributed by atoms with Crippen LogP contribution < -0.4 is 5.32 Å². The van der Waals surface area contributed by atoms with Gasteiger partial charge in [-0.3, -0.25) is 0 Å². The highest BCUT2D eigenvalue weighted by Crippen LogP contribution is 2.31. The fourth-order valence-electron chi connectivity index (χ4n) is 2.37. The number of halogens is 1. The van der Waals surface area contributed by atoms with Crippen molar-refractivity contribution in [2.24, 2.45) is 11.8 Å². The van der Waals surface area contributed by atoms with Crippen LogP contribution in [-0.4, -0.2) is 23.2 Å². The maximum atomic E-state index is 13.3. The van der Waals surface area contributed by atoms with Crippen molar-refractivity contribution in [3.05, 3.63) is 24.1 Å². The molecule has 1 aromatic heterocycles. The third-order valence-electron chi connectivity index (χ3n) is 3.34. The Hall–Kier alpha value is -1.16. The maximum Gasteiger partial charge on any atom is 0.165 e. The molecule has 0 radical (unpaired) electrons. The lowest BCUT2D eigenvalue weighted by atomic mass is 9.97. The minimum Gasteiger partial charge on any atom is -0.396 e. The van der Waals surface area contributed by atoms with Gasteiger partial charge in [0, 0.05) is 19.3 Å². The first-order chi connectivity index (χ1) is 7.81. The van der Waals surface area contributed by atoms with Gasteiger partial charge in [0.15, 0.2) is 11.6 Å². The van der Waals surface area contributed by atoms with Crippen LogP contribution in [0.25, 0.3) is 0 Å². The number of nitrogens with zero attached hydrogens (tertiary/aromatic N) is 1. The summed E-state index contributed by atoms with van der Waals surface area (Å²) in [6, 6.07) is 2.97. The molecule has 2 N–H and O–H groups in total. The van der Waals surface area contributed by atoms with Crippen molar-refractivity contribution in [2.45, 2.75) is 19.3 Å². The zero-order valence-electron chi connectivity index (χ0n) is 9.19. The number of aromatic nitrogens is 1. The highest BCUT2D eigenvalue weighted by molar-refractivity contribution is 5.35. The van der Waals surface area contributed by atoms with Crippen LogP contribution in [0, 0.1) is 17.7 Å². The lowest BCUT2D eigenvalue weighted by molar-refractivity contribution is 0.199. The fraction of sp³-hybridized carbons (Fsp3) is 0.583.